The van der Waals surface area contributed by atoms with Crippen LogP contribution in [-0.2, 0) is 18.4 Å². The number of nitrogens with one attached hydrogen (secondary N) is 1. The van der Waals surface area contributed by atoms with Crippen LogP contribution >= 0.6 is 0 Å². The van der Waals surface area contributed by atoms with Gasteiger partial charge in [0.15, 0.2) is 0 Å². The molecule has 3 heterocycles. The molecule has 2 aromatic rings. The fourth-order valence-electron chi connectivity index (χ4n) is 4.72. The molecule has 1 unspecified atom stereocenters. The third-order valence-corrected chi connectivity index (χ3v) is 6.22. The summed E-state index contributed by atoms with van der Waals surface area (Å²) in [5, 5.41) is 7.24. The van der Waals surface area contributed by atoms with Gasteiger partial charge in [-0.05, 0) is 11.5 Å². The Balaban J connectivity index is 1.47. The van der Waals surface area contributed by atoms with Gasteiger partial charge in [-0.15, -0.1) is 0 Å². The minimum atomic E-state index is -0.173. The van der Waals surface area contributed by atoms with Crippen LogP contribution in [0.1, 0.15) is 29.8 Å². The molecule has 160 valence electrons. The zero-order chi connectivity index (χ0) is 21.3. The number of carbonyl (C=O) groups is 2. The molecule has 1 spiro atoms. The van der Waals surface area contributed by atoms with Crippen molar-refractivity contribution in [1.29, 1.82) is 0 Å². The second-order valence-corrected chi connectivity index (χ2v) is 9.27. The first-order valence-corrected chi connectivity index (χ1v) is 10.7. The van der Waals surface area contributed by atoms with Crippen LogP contribution in [0.2, 0.25) is 0 Å². The quantitative estimate of drug-likeness (QED) is 0.789. The highest BCUT2D eigenvalue weighted by Crippen LogP contribution is 2.45. The lowest BCUT2D eigenvalue weighted by atomic mass is 9.71. The Bertz CT molecular complexity index is 901. The lowest BCUT2D eigenvalue weighted by Gasteiger charge is -2.50. The van der Waals surface area contributed by atoms with Crippen LogP contribution in [0.25, 0.3) is 0 Å². The first-order chi connectivity index (χ1) is 14.4. The zero-order valence-corrected chi connectivity index (χ0v) is 18.0. The van der Waals surface area contributed by atoms with E-state index in [-0.39, 0.29) is 23.1 Å². The van der Waals surface area contributed by atoms with Crippen molar-refractivity contribution in [2.75, 3.05) is 32.7 Å². The lowest BCUT2D eigenvalue weighted by Crippen LogP contribution is -2.64. The molecule has 4 rings (SSSR count). The largest absolute Gasteiger partial charge is 0.356 e. The van der Waals surface area contributed by atoms with Crippen LogP contribution in [-0.4, -0.2) is 64.1 Å². The fraction of sp³-hybridized carbons (Fsp3) is 0.522. The smallest absolute Gasteiger partial charge is 0.257 e. The van der Waals surface area contributed by atoms with E-state index in [9.17, 15) is 9.59 Å². The van der Waals surface area contributed by atoms with Crippen LogP contribution in [0, 0.1) is 17.3 Å². The number of carbonyl (C=O) groups excluding carboxylic acids is 2. The standard InChI is InChI=1S/C23H31N5O2/c1-17(2)9-24-21(29)20-13-27(11-18-7-5-4-6-8-18)14-23(20)15-28(16-23)22(30)19-10-25-26(3)12-19/h4-8,10,12,17,20H,9,11,13-16H2,1-3H3,(H,24,29). The number of rotatable bonds is 6. The molecule has 1 aromatic carbocycles. The van der Waals surface area contributed by atoms with Gasteiger partial charge in [0.25, 0.3) is 5.91 Å². The van der Waals surface area contributed by atoms with E-state index in [1.54, 1.807) is 17.1 Å². The number of nitrogens with zero attached hydrogens (tertiary/aromatic N) is 4. The number of likely N-dealkylation sites (tertiary alicyclic amines) is 2. The topological polar surface area (TPSA) is 70.5 Å². The SMILES string of the molecule is CC(C)CNC(=O)C1CN(Cc2ccccc2)CC12CN(C(=O)c1cnn(C)c1)C2. The van der Waals surface area contributed by atoms with Gasteiger partial charge in [-0.2, -0.15) is 5.10 Å². The van der Waals surface area contributed by atoms with Crippen molar-refractivity contribution < 1.29 is 9.59 Å². The predicted octanol–water partition coefficient (Wildman–Crippen LogP) is 1.77. The number of benzene rings is 1. The Kier molecular flexibility index (Phi) is 5.64. The molecule has 1 atom stereocenters. The second-order valence-electron chi connectivity index (χ2n) is 9.27. The molecule has 0 aliphatic carbocycles. The summed E-state index contributed by atoms with van der Waals surface area (Å²) >= 11 is 0. The summed E-state index contributed by atoms with van der Waals surface area (Å²) in [5.74, 6) is 0.430. The molecule has 7 nitrogen and oxygen atoms in total. The van der Waals surface area contributed by atoms with E-state index >= 15 is 0 Å². The lowest BCUT2D eigenvalue weighted by molar-refractivity contribution is -0.131. The van der Waals surface area contributed by atoms with Gasteiger partial charge in [-0.25, -0.2) is 0 Å². The summed E-state index contributed by atoms with van der Waals surface area (Å²) in [4.78, 5) is 30.1. The van der Waals surface area contributed by atoms with Crippen LogP contribution in [0.15, 0.2) is 42.7 Å². The van der Waals surface area contributed by atoms with Gasteiger partial charge in [0.1, 0.15) is 0 Å². The zero-order valence-electron chi connectivity index (χ0n) is 18.0. The monoisotopic (exact) mass is 409 g/mol. The second kappa shape index (κ2) is 8.22. The highest BCUT2D eigenvalue weighted by molar-refractivity contribution is 5.94. The molecular formula is C23H31N5O2. The molecule has 2 amide bonds. The summed E-state index contributed by atoms with van der Waals surface area (Å²) in [7, 11) is 1.81. The van der Waals surface area contributed by atoms with Crippen molar-refractivity contribution in [2.24, 2.45) is 24.3 Å². The van der Waals surface area contributed by atoms with Gasteiger partial charge < -0.3 is 10.2 Å². The molecular weight excluding hydrogens is 378 g/mol. The maximum atomic E-state index is 13.1. The summed E-state index contributed by atoms with van der Waals surface area (Å²) in [6, 6.07) is 10.4. The van der Waals surface area contributed by atoms with Crippen LogP contribution < -0.4 is 5.32 Å². The molecule has 1 N–H and O–H groups in total. The molecule has 1 aromatic heterocycles. The third-order valence-electron chi connectivity index (χ3n) is 6.22. The predicted molar refractivity (Wildman–Crippen MR) is 115 cm³/mol. The first kappa shape index (κ1) is 20.6. The Labute approximate surface area is 178 Å². The van der Waals surface area contributed by atoms with Gasteiger partial charge >= 0.3 is 0 Å². The molecule has 0 bridgehead atoms. The van der Waals surface area contributed by atoms with E-state index in [4.69, 9.17) is 0 Å². The average Bonchev–Trinajstić information content (AvgIpc) is 3.29. The van der Waals surface area contributed by atoms with Crippen molar-refractivity contribution in [2.45, 2.75) is 20.4 Å². The van der Waals surface area contributed by atoms with E-state index in [0.29, 0.717) is 31.1 Å². The normalized spacial score (nSPS) is 20.5. The highest BCUT2D eigenvalue weighted by atomic mass is 16.2. The molecule has 0 saturated carbocycles. The van der Waals surface area contributed by atoms with Crippen molar-refractivity contribution in [3.05, 3.63) is 53.9 Å². The van der Waals surface area contributed by atoms with Crippen LogP contribution in [0.5, 0.6) is 0 Å². The highest BCUT2D eigenvalue weighted by Gasteiger charge is 2.57. The minimum Gasteiger partial charge on any atom is -0.356 e. The third kappa shape index (κ3) is 4.12. The summed E-state index contributed by atoms with van der Waals surface area (Å²) in [5.41, 5.74) is 1.68. The van der Waals surface area contributed by atoms with Gasteiger partial charge in [0.05, 0.1) is 17.7 Å². The Morgan fingerprint density at radius 1 is 1.20 bits per heavy atom. The Hall–Kier alpha value is -2.67. The fourth-order valence-corrected chi connectivity index (χ4v) is 4.72. The van der Waals surface area contributed by atoms with E-state index in [1.165, 1.54) is 5.56 Å². The number of aromatic nitrogens is 2. The van der Waals surface area contributed by atoms with E-state index < -0.39 is 0 Å². The van der Waals surface area contributed by atoms with Crippen molar-refractivity contribution >= 4 is 11.8 Å². The summed E-state index contributed by atoms with van der Waals surface area (Å²) < 4.78 is 1.64. The van der Waals surface area contributed by atoms with E-state index in [1.807, 2.05) is 30.1 Å². The van der Waals surface area contributed by atoms with Gasteiger partial charge in [0, 0.05) is 57.9 Å². The van der Waals surface area contributed by atoms with E-state index in [0.717, 1.165) is 19.6 Å². The minimum absolute atomic E-state index is 0.00317. The average molecular weight is 410 g/mol. The number of aryl methyl sites for hydroxylation is 1. The van der Waals surface area contributed by atoms with Gasteiger partial charge in [-0.1, -0.05) is 44.2 Å². The van der Waals surface area contributed by atoms with Gasteiger partial charge in [-0.3, -0.25) is 19.2 Å². The van der Waals surface area contributed by atoms with Crippen LogP contribution in [0.3, 0.4) is 0 Å². The molecule has 0 radical (unpaired) electrons. The Morgan fingerprint density at radius 2 is 1.93 bits per heavy atom. The number of hydrogen-bond acceptors (Lipinski definition) is 4. The number of hydrogen-bond donors (Lipinski definition) is 1. The van der Waals surface area contributed by atoms with Crippen LogP contribution in [0.4, 0.5) is 0 Å². The summed E-state index contributed by atoms with van der Waals surface area (Å²) in [6.45, 7) is 8.51. The van der Waals surface area contributed by atoms with Crippen molar-refractivity contribution in [3.63, 3.8) is 0 Å². The summed E-state index contributed by atoms with van der Waals surface area (Å²) in [6.07, 6.45) is 3.35. The molecule has 2 aliphatic rings. The van der Waals surface area contributed by atoms with E-state index in [2.05, 4.69) is 41.3 Å². The molecule has 30 heavy (non-hydrogen) atoms. The Morgan fingerprint density at radius 3 is 2.57 bits per heavy atom. The van der Waals surface area contributed by atoms with Crippen molar-refractivity contribution in [3.8, 4) is 0 Å². The molecule has 2 aliphatic heterocycles. The number of amides is 2. The molecule has 2 fully saturated rings. The molecule has 2 saturated heterocycles. The molecule has 7 heteroatoms. The maximum absolute atomic E-state index is 13.1. The van der Waals surface area contributed by atoms with Gasteiger partial charge in [0.2, 0.25) is 5.91 Å². The maximum Gasteiger partial charge on any atom is 0.257 e. The van der Waals surface area contributed by atoms with Crippen molar-refractivity contribution in [1.82, 2.24) is 24.9 Å². The first-order valence-electron chi connectivity index (χ1n) is 10.7.